The van der Waals surface area contributed by atoms with Crippen molar-refractivity contribution in [2.45, 2.75) is 26.4 Å². The van der Waals surface area contributed by atoms with Crippen molar-refractivity contribution in [3.05, 3.63) is 64.4 Å². The SMILES string of the molecule is CC(C)c1cc(Cl)cc(OCc2ccccc2F)c1. The summed E-state index contributed by atoms with van der Waals surface area (Å²) in [5, 5.41) is 0.634. The third kappa shape index (κ3) is 3.71. The van der Waals surface area contributed by atoms with Gasteiger partial charge in [-0.2, -0.15) is 0 Å². The smallest absolute Gasteiger partial charge is 0.129 e. The summed E-state index contributed by atoms with van der Waals surface area (Å²) in [4.78, 5) is 0. The third-order valence-electron chi connectivity index (χ3n) is 2.91. The normalized spacial score (nSPS) is 10.8. The van der Waals surface area contributed by atoms with E-state index in [0.717, 1.165) is 5.56 Å². The van der Waals surface area contributed by atoms with Crippen molar-refractivity contribution in [2.24, 2.45) is 0 Å². The summed E-state index contributed by atoms with van der Waals surface area (Å²) < 4.78 is 19.1. The fraction of sp³-hybridized carbons (Fsp3) is 0.250. The van der Waals surface area contributed by atoms with Crippen molar-refractivity contribution in [1.29, 1.82) is 0 Å². The van der Waals surface area contributed by atoms with Crippen LogP contribution in [0.1, 0.15) is 30.9 Å². The second kappa shape index (κ2) is 6.07. The van der Waals surface area contributed by atoms with Crippen LogP contribution in [0.5, 0.6) is 5.75 Å². The van der Waals surface area contributed by atoms with E-state index in [9.17, 15) is 4.39 Å². The lowest BCUT2D eigenvalue weighted by molar-refractivity contribution is 0.299. The number of hydrogen-bond acceptors (Lipinski definition) is 1. The summed E-state index contributed by atoms with van der Waals surface area (Å²) in [5.74, 6) is 0.780. The van der Waals surface area contributed by atoms with Crippen LogP contribution < -0.4 is 4.74 Å². The molecule has 3 heteroatoms. The maximum absolute atomic E-state index is 13.5. The summed E-state index contributed by atoms with van der Waals surface area (Å²) in [6, 6.07) is 12.2. The molecule has 0 aliphatic rings. The molecule has 0 unspecified atom stereocenters. The topological polar surface area (TPSA) is 9.23 Å². The van der Waals surface area contributed by atoms with Crippen LogP contribution in [0.3, 0.4) is 0 Å². The molecule has 2 aromatic carbocycles. The minimum atomic E-state index is -0.256. The van der Waals surface area contributed by atoms with Gasteiger partial charge in [0.25, 0.3) is 0 Å². The highest BCUT2D eigenvalue weighted by atomic mass is 35.5. The number of ether oxygens (including phenoxy) is 1. The summed E-state index contributed by atoms with van der Waals surface area (Å²) in [6.45, 7) is 4.38. The molecule has 0 saturated carbocycles. The number of benzene rings is 2. The number of rotatable bonds is 4. The Hall–Kier alpha value is -1.54. The zero-order valence-corrected chi connectivity index (χ0v) is 11.7. The van der Waals surface area contributed by atoms with Crippen molar-refractivity contribution >= 4 is 11.6 Å². The standard InChI is InChI=1S/C16H16ClFO/c1-11(2)13-7-14(17)9-15(8-13)19-10-12-5-3-4-6-16(12)18/h3-9,11H,10H2,1-2H3. The molecule has 0 fully saturated rings. The zero-order chi connectivity index (χ0) is 13.8. The first kappa shape index (κ1) is 13.9. The van der Waals surface area contributed by atoms with Gasteiger partial charge in [-0.3, -0.25) is 0 Å². The molecule has 0 aliphatic heterocycles. The van der Waals surface area contributed by atoms with Crippen LogP contribution in [-0.4, -0.2) is 0 Å². The van der Waals surface area contributed by atoms with Gasteiger partial charge in [0.1, 0.15) is 18.2 Å². The summed E-state index contributed by atoms with van der Waals surface area (Å²) in [5.41, 5.74) is 1.64. The Labute approximate surface area is 118 Å². The molecule has 0 atom stereocenters. The highest BCUT2D eigenvalue weighted by molar-refractivity contribution is 6.30. The van der Waals surface area contributed by atoms with Crippen LogP contribution in [-0.2, 0) is 6.61 Å². The van der Waals surface area contributed by atoms with Crippen molar-refractivity contribution in [3.8, 4) is 5.75 Å². The molecular formula is C16H16ClFO. The van der Waals surface area contributed by atoms with Gasteiger partial charge in [0, 0.05) is 10.6 Å². The van der Waals surface area contributed by atoms with Gasteiger partial charge in [0.2, 0.25) is 0 Å². The van der Waals surface area contributed by atoms with E-state index in [2.05, 4.69) is 13.8 Å². The Kier molecular flexibility index (Phi) is 4.43. The molecule has 1 nitrogen and oxygen atoms in total. The van der Waals surface area contributed by atoms with E-state index in [0.29, 0.717) is 22.3 Å². The Bertz CT molecular complexity index is 566. The van der Waals surface area contributed by atoms with Crippen LogP contribution in [0.4, 0.5) is 4.39 Å². The average Bonchev–Trinajstić information content (AvgIpc) is 2.37. The first-order valence-corrected chi connectivity index (χ1v) is 6.61. The molecule has 100 valence electrons. The fourth-order valence-corrected chi connectivity index (χ4v) is 2.01. The van der Waals surface area contributed by atoms with Crippen molar-refractivity contribution in [3.63, 3.8) is 0 Å². The van der Waals surface area contributed by atoms with Gasteiger partial charge in [-0.15, -0.1) is 0 Å². The van der Waals surface area contributed by atoms with Crippen LogP contribution in [0, 0.1) is 5.82 Å². The molecule has 2 aromatic rings. The first-order chi connectivity index (χ1) is 9.06. The van der Waals surface area contributed by atoms with E-state index in [1.54, 1.807) is 24.3 Å². The maximum atomic E-state index is 13.5. The Morgan fingerprint density at radius 3 is 2.58 bits per heavy atom. The summed E-state index contributed by atoms with van der Waals surface area (Å²) in [6.07, 6.45) is 0. The van der Waals surface area contributed by atoms with Gasteiger partial charge in [-0.25, -0.2) is 4.39 Å². The van der Waals surface area contributed by atoms with E-state index in [1.165, 1.54) is 6.07 Å². The average molecular weight is 279 g/mol. The fourth-order valence-electron chi connectivity index (χ4n) is 1.78. The van der Waals surface area contributed by atoms with E-state index >= 15 is 0 Å². The van der Waals surface area contributed by atoms with Crippen molar-refractivity contribution in [2.75, 3.05) is 0 Å². The second-order valence-electron chi connectivity index (χ2n) is 4.76. The number of halogens is 2. The quantitative estimate of drug-likeness (QED) is 0.748. The predicted octanol–water partition coefficient (Wildman–Crippen LogP) is 5.18. The second-order valence-corrected chi connectivity index (χ2v) is 5.19. The highest BCUT2D eigenvalue weighted by Crippen LogP contribution is 2.26. The van der Waals surface area contributed by atoms with E-state index in [1.807, 2.05) is 12.1 Å². The van der Waals surface area contributed by atoms with Gasteiger partial charge in [0.15, 0.2) is 0 Å². The molecule has 0 aromatic heterocycles. The van der Waals surface area contributed by atoms with Crippen LogP contribution in [0.15, 0.2) is 42.5 Å². The van der Waals surface area contributed by atoms with E-state index < -0.39 is 0 Å². The summed E-state index contributed by atoms with van der Waals surface area (Å²) >= 11 is 6.05. The summed E-state index contributed by atoms with van der Waals surface area (Å²) in [7, 11) is 0. The molecule has 0 amide bonds. The maximum Gasteiger partial charge on any atom is 0.129 e. The molecule has 0 aliphatic carbocycles. The van der Waals surface area contributed by atoms with Gasteiger partial charge < -0.3 is 4.74 Å². The minimum absolute atomic E-state index is 0.199. The predicted molar refractivity (Wildman–Crippen MR) is 76.3 cm³/mol. The van der Waals surface area contributed by atoms with Gasteiger partial charge in [-0.05, 0) is 35.7 Å². The molecule has 0 spiro atoms. The van der Waals surface area contributed by atoms with Crippen molar-refractivity contribution < 1.29 is 9.13 Å². The first-order valence-electron chi connectivity index (χ1n) is 6.23. The largest absolute Gasteiger partial charge is 0.489 e. The molecule has 0 radical (unpaired) electrons. The molecule has 2 rings (SSSR count). The minimum Gasteiger partial charge on any atom is -0.489 e. The Balaban J connectivity index is 2.14. The van der Waals surface area contributed by atoms with Gasteiger partial charge >= 0.3 is 0 Å². The van der Waals surface area contributed by atoms with Gasteiger partial charge in [-0.1, -0.05) is 43.6 Å². The molecule has 0 saturated heterocycles. The lowest BCUT2D eigenvalue weighted by atomic mass is 10.0. The zero-order valence-electron chi connectivity index (χ0n) is 11.0. The van der Waals surface area contributed by atoms with Crippen LogP contribution in [0.25, 0.3) is 0 Å². The van der Waals surface area contributed by atoms with Crippen LogP contribution >= 0.6 is 11.6 Å². The highest BCUT2D eigenvalue weighted by Gasteiger charge is 2.06. The molecule has 0 heterocycles. The Morgan fingerprint density at radius 1 is 1.16 bits per heavy atom. The Morgan fingerprint density at radius 2 is 1.89 bits per heavy atom. The third-order valence-corrected chi connectivity index (χ3v) is 3.13. The lowest BCUT2D eigenvalue weighted by Crippen LogP contribution is -1.99. The van der Waals surface area contributed by atoms with Crippen LogP contribution in [0.2, 0.25) is 5.02 Å². The lowest BCUT2D eigenvalue weighted by Gasteiger charge is -2.11. The van der Waals surface area contributed by atoms with E-state index in [4.69, 9.17) is 16.3 Å². The molecule has 0 N–H and O–H groups in total. The van der Waals surface area contributed by atoms with E-state index in [-0.39, 0.29) is 12.4 Å². The number of hydrogen-bond donors (Lipinski definition) is 0. The van der Waals surface area contributed by atoms with Crippen molar-refractivity contribution in [1.82, 2.24) is 0 Å². The monoisotopic (exact) mass is 278 g/mol. The van der Waals surface area contributed by atoms with Gasteiger partial charge in [0.05, 0.1) is 0 Å². The molecule has 19 heavy (non-hydrogen) atoms. The molecule has 0 bridgehead atoms. The molecular weight excluding hydrogens is 263 g/mol.